The average Bonchev–Trinajstić information content (AvgIpc) is 2.61. The number of rotatable bonds is 7. The largest absolute Gasteiger partial charge is 0.416 e. The molecule has 1 aromatic heterocycles. The molecule has 0 atom stereocenters. The highest BCUT2D eigenvalue weighted by Gasteiger charge is 2.29. The van der Waals surface area contributed by atoms with Gasteiger partial charge >= 0.3 is 6.18 Å². The molecule has 0 radical (unpaired) electrons. The fourth-order valence-corrected chi connectivity index (χ4v) is 2.59. The molecule has 3 nitrogen and oxygen atoms in total. The molecular weight excluding hydrogens is 329 g/mol. The van der Waals surface area contributed by atoms with E-state index in [9.17, 15) is 18.0 Å². The molecule has 1 aromatic carbocycles. The van der Waals surface area contributed by atoms with Gasteiger partial charge in [0.1, 0.15) is 0 Å². The fraction of sp³-hybridized carbons (Fsp3) is 0.368. The number of amides is 1. The molecule has 0 fully saturated rings. The van der Waals surface area contributed by atoms with Crippen LogP contribution in [0.25, 0.3) is 0 Å². The van der Waals surface area contributed by atoms with Crippen LogP contribution < -0.4 is 0 Å². The number of carbonyl (C=O) groups is 1. The molecule has 1 heterocycles. The van der Waals surface area contributed by atoms with E-state index in [0.29, 0.717) is 31.5 Å². The van der Waals surface area contributed by atoms with Crippen LogP contribution in [0.3, 0.4) is 0 Å². The van der Waals surface area contributed by atoms with Crippen molar-refractivity contribution >= 4 is 5.91 Å². The predicted molar refractivity (Wildman–Crippen MR) is 90.2 cm³/mol. The molecule has 0 spiro atoms. The zero-order chi connectivity index (χ0) is 18.3. The van der Waals surface area contributed by atoms with Gasteiger partial charge in [0, 0.05) is 25.5 Å². The van der Waals surface area contributed by atoms with Gasteiger partial charge in [-0.3, -0.25) is 9.78 Å². The molecule has 0 unspecified atom stereocenters. The number of aryl methyl sites for hydroxylation is 1. The molecule has 0 N–H and O–H groups in total. The predicted octanol–water partition coefficient (Wildman–Crippen LogP) is 4.59. The standard InChI is InChI=1S/C19H21F3N2O/c1-2-12-24(18(25)16-6-3-11-23-14-16)13-4-5-15-7-9-17(10-8-15)19(20,21)22/h3,6-11,14H,2,4-5,12-13H2,1H3. The topological polar surface area (TPSA) is 33.2 Å². The first kappa shape index (κ1) is 19.0. The molecule has 0 aliphatic rings. The van der Waals surface area contributed by atoms with Gasteiger partial charge < -0.3 is 4.90 Å². The van der Waals surface area contributed by atoms with Crippen LogP contribution in [0.4, 0.5) is 13.2 Å². The van der Waals surface area contributed by atoms with Crippen LogP contribution in [0.2, 0.25) is 0 Å². The van der Waals surface area contributed by atoms with Crippen LogP contribution in [-0.4, -0.2) is 28.9 Å². The van der Waals surface area contributed by atoms with E-state index in [4.69, 9.17) is 0 Å². The summed E-state index contributed by atoms with van der Waals surface area (Å²) in [5.41, 5.74) is 0.736. The Kier molecular flexibility index (Phi) is 6.56. The summed E-state index contributed by atoms with van der Waals surface area (Å²) in [6.45, 7) is 3.20. The Morgan fingerprint density at radius 1 is 1.12 bits per heavy atom. The van der Waals surface area contributed by atoms with Crippen LogP contribution in [0.5, 0.6) is 0 Å². The fourth-order valence-electron chi connectivity index (χ4n) is 2.59. The summed E-state index contributed by atoms with van der Waals surface area (Å²) in [4.78, 5) is 18.2. The number of nitrogens with zero attached hydrogens (tertiary/aromatic N) is 2. The summed E-state index contributed by atoms with van der Waals surface area (Å²) in [5, 5.41) is 0. The van der Waals surface area contributed by atoms with Gasteiger partial charge in [0.05, 0.1) is 11.1 Å². The van der Waals surface area contributed by atoms with Gasteiger partial charge in [-0.25, -0.2) is 0 Å². The van der Waals surface area contributed by atoms with Crippen molar-refractivity contribution < 1.29 is 18.0 Å². The summed E-state index contributed by atoms with van der Waals surface area (Å²) >= 11 is 0. The molecule has 0 bridgehead atoms. The van der Waals surface area contributed by atoms with Crippen molar-refractivity contribution in [2.24, 2.45) is 0 Å². The molecule has 0 aliphatic heterocycles. The summed E-state index contributed by atoms with van der Waals surface area (Å²) in [6.07, 6.45) is 1.00. The maximum absolute atomic E-state index is 12.6. The van der Waals surface area contributed by atoms with Crippen LogP contribution in [0.15, 0.2) is 48.8 Å². The Bertz CT molecular complexity index is 669. The van der Waals surface area contributed by atoms with Crippen molar-refractivity contribution in [3.05, 3.63) is 65.5 Å². The molecule has 2 rings (SSSR count). The Hall–Kier alpha value is -2.37. The van der Waals surface area contributed by atoms with Gasteiger partial charge in [-0.2, -0.15) is 13.2 Å². The maximum atomic E-state index is 12.6. The second-order valence-corrected chi connectivity index (χ2v) is 5.83. The first-order chi connectivity index (χ1) is 11.9. The summed E-state index contributed by atoms with van der Waals surface area (Å²) in [6, 6.07) is 8.64. The van der Waals surface area contributed by atoms with Gasteiger partial charge in [0.25, 0.3) is 5.91 Å². The zero-order valence-corrected chi connectivity index (χ0v) is 14.1. The molecule has 25 heavy (non-hydrogen) atoms. The van der Waals surface area contributed by atoms with Crippen LogP contribution in [-0.2, 0) is 12.6 Å². The van der Waals surface area contributed by atoms with E-state index < -0.39 is 11.7 Å². The van der Waals surface area contributed by atoms with E-state index in [1.54, 1.807) is 29.4 Å². The van der Waals surface area contributed by atoms with Gasteiger partial charge in [0.15, 0.2) is 0 Å². The third-order valence-electron chi connectivity index (χ3n) is 3.86. The number of benzene rings is 1. The van der Waals surface area contributed by atoms with Gasteiger partial charge in [-0.05, 0) is 49.1 Å². The van der Waals surface area contributed by atoms with Crippen molar-refractivity contribution in [3.8, 4) is 0 Å². The van der Waals surface area contributed by atoms with Crippen LogP contribution in [0, 0.1) is 0 Å². The Morgan fingerprint density at radius 2 is 1.84 bits per heavy atom. The van der Waals surface area contributed by atoms with Crippen molar-refractivity contribution in [3.63, 3.8) is 0 Å². The molecule has 0 saturated carbocycles. The van der Waals surface area contributed by atoms with Crippen molar-refractivity contribution in [1.82, 2.24) is 9.88 Å². The average molecular weight is 350 g/mol. The second-order valence-electron chi connectivity index (χ2n) is 5.83. The maximum Gasteiger partial charge on any atom is 0.416 e. The molecule has 2 aromatic rings. The Labute approximate surface area is 145 Å². The Balaban J connectivity index is 1.92. The minimum atomic E-state index is -4.31. The zero-order valence-electron chi connectivity index (χ0n) is 14.1. The van der Waals surface area contributed by atoms with E-state index >= 15 is 0 Å². The van der Waals surface area contributed by atoms with Crippen molar-refractivity contribution in [2.75, 3.05) is 13.1 Å². The van der Waals surface area contributed by atoms with Gasteiger partial charge in [-0.1, -0.05) is 19.1 Å². The first-order valence-electron chi connectivity index (χ1n) is 8.27. The summed E-state index contributed by atoms with van der Waals surface area (Å²) in [5.74, 6) is -0.0673. The monoisotopic (exact) mass is 350 g/mol. The van der Waals surface area contributed by atoms with Gasteiger partial charge in [0.2, 0.25) is 0 Å². The second kappa shape index (κ2) is 8.65. The molecule has 0 saturated heterocycles. The highest BCUT2D eigenvalue weighted by atomic mass is 19.4. The lowest BCUT2D eigenvalue weighted by Gasteiger charge is -2.22. The number of halogens is 3. The summed E-state index contributed by atoms with van der Waals surface area (Å²) in [7, 11) is 0. The number of aromatic nitrogens is 1. The SMILES string of the molecule is CCCN(CCCc1ccc(C(F)(F)F)cc1)C(=O)c1cccnc1. The minimum absolute atomic E-state index is 0.0673. The van der Waals surface area contributed by atoms with Crippen molar-refractivity contribution in [2.45, 2.75) is 32.4 Å². The van der Waals surface area contributed by atoms with Crippen molar-refractivity contribution in [1.29, 1.82) is 0 Å². The third-order valence-corrected chi connectivity index (χ3v) is 3.86. The number of hydrogen-bond acceptors (Lipinski definition) is 2. The normalized spacial score (nSPS) is 11.4. The van der Waals surface area contributed by atoms with E-state index in [0.717, 1.165) is 24.1 Å². The van der Waals surface area contributed by atoms with E-state index in [-0.39, 0.29) is 5.91 Å². The summed E-state index contributed by atoms with van der Waals surface area (Å²) < 4.78 is 37.7. The van der Waals surface area contributed by atoms with Gasteiger partial charge in [-0.15, -0.1) is 0 Å². The Morgan fingerprint density at radius 3 is 2.40 bits per heavy atom. The number of alkyl halides is 3. The molecule has 134 valence electrons. The number of hydrogen-bond donors (Lipinski definition) is 0. The highest BCUT2D eigenvalue weighted by molar-refractivity contribution is 5.93. The lowest BCUT2D eigenvalue weighted by Crippen LogP contribution is -2.33. The van der Waals surface area contributed by atoms with Crippen LogP contribution >= 0.6 is 0 Å². The first-order valence-corrected chi connectivity index (χ1v) is 8.27. The molecule has 1 amide bonds. The van der Waals surface area contributed by atoms with E-state index in [2.05, 4.69) is 4.98 Å². The lowest BCUT2D eigenvalue weighted by atomic mass is 10.1. The number of carbonyl (C=O) groups excluding carboxylic acids is 1. The highest BCUT2D eigenvalue weighted by Crippen LogP contribution is 2.29. The lowest BCUT2D eigenvalue weighted by molar-refractivity contribution is -0.137. The van der Waals surface area contributed by atoms with E-state index in [1.807, 2.05) is 6.92 Å². The van der Waals surface area contributed by atoms with E-state index in [1.165, 1.54) is 12.1 Å². The molecule has 6 heteroatoms. The van der Waals surface area contributed by atoms with Crippen LogP contribution in [0.1, 0.15) is 41.3 Å². The minimum Gasteiger partial charge on any atom is -0.339 e. The molecule has 0 aliphatic carbocycles. The number of pyridine rings is 1. The smallest absolute Gasteiger partial charge is 0.339 e. The molecular formula is C19H21F3N2O. The third kappa shape index (κ3) is 5.59. The quantitative estimate of drug-likeness (QED) is 0.732.